The molecule has 0 saturated heterocycles. The Bertz CT molecular complexity index is 866. The van der Waals surface area contributed by atoms with Crippen molar-refractivity contribution >= 4 is 17.7 Å². The molecule has 0 fully saturated rings. The van der Waals surface area contributed by atoms with Gasteiger partial charge in [0.25, 0.3) is 0 Å². The van der Waals surface area contributed by atoms with E-state index < -0.39 is 0 Å². The summed E-state index contributed by atoms with van der Waals surface area (Å²) in [6.45, 7) is 4.15. The summed E-state index contributed by atoms with van der Waals surface area (Å²) in [5, 5.41) is 18.5. The summed E-state index contributed by atoms with van der Waals surface area (Å²) >= 11 is 6.18. The van der Waals surface area contributed by atoms with Crippen molar-refractivity contribution in [3.8, 4) is 23.6 Å². The van der Waals surface area contributed by atoms with Gasteiger partial charge < -0.3 is 9.47 Å². The largest absolute Gasteiger partial charge is 0.496 e. The third kappa shape index (κ3) is 4.53. The molecule has 0 N–H and O–H groups in total. The predicted octanol–water partition coefficient (Wildman–Crippen LogP) is 4.98. The van der Waals surface area contributed by atoms with Crippen molar-refractivity contribution < 1.29 is 9.47 Å². The first kappa shape index (κ1) is 18.4. The van der Waals surface area contributed by atoms with E-state index in [0.29, 0.717) is 12.4 Å². The molecule has 0 radical (unpaired) electrons. The highest BCUT2D eigenvalue weighted by molar-refractivity contribution is 6.32. The molecule has 5 heteroatoms. The first-order chi connectivity index (χ1) is 12.0. The van der Waals surface area contributed by atoms with E-state index >= 15 is 0 Å². The fraction of sp³-hybridized carbons (Fsp3) is 0.200. The zero-order valence-corrected chi connectivity index (χ0v) is 15.0. The molecule has 2 rings (SSSR count). The van der Waals surface area contributed by atoms with Gasteiger partial charge in [-0.15, -0.1) is 0 Å². The average Bonchev–Trinajstić information content (AvgIpc) is 2.62. The molecule has 0 aliphatic heterocycles. The lowest BCUT2D eigenvalue weighted by atomic mass is 10.1. The SMILES string of the molecule is COc1ccc(C=C(C#N)C#N)cc1COc1cc(C)c(Cl)c(C)c1. The molecule has 0 amide bonds. The van der Waals surface area contributed by atoms with Crippen LogP contribution in [0.1, 0.15) is 22.3 Å². The molecule has 0 aliphatic carbocycles. The zero-order valence-electron chi connectivity index (χ0n) is 14.3. The van der Waals surface area contributed by atoms with Gasteiger partial charge in [-0.25, -0.2) is 0 Å². The van der Waals surface area contributed by atoms with E-state index in [9.17, 15) is 0 Å². The number of allylic oxidation sites excluding steroid dienone is 1. The lowest BCUT2D eigenvalue weighted by Gasteiger charge is -2.13. The van der Waals surface area contributed by atoms with Gasteiger partial charge in [-0.05, 0) is 60.9 Å². The summed E-state index contributed by atoms with van der Waals surface area (Å²) in [4.78, 5) is 0. The van der Waals surface area contributed by atoms with Crippen LogP contribution in [-0.2, 0) is 6.61 Å². The quantitative estimate of drug-likeness (QED) is 0.712. The fourth-order valence-corrected chi connectivity index (χ4v) is 2.52. The van der Waals surface area contributed by atoms with Gasteiger partial charge in [0.15, 0.2) is 0 Å². The minimum absolute atomic E-state index is 0.0426. The Kier molecular flexibility index (Phi) is 6.06. The van der Waals surface area contributed by atoms with Gasteiger partial charge in [0, 0.05) is 10.6 Å². The van der Waals surface area contributed by atoms with Crippen molar-refractivity contribution in [3.05, 3.63) is 63.2 Å². The number of methoxy groups -OCH3 is 1. The Morgan fingerprint density at radius 1 is 1.12 bits per heavy atom. The standard InChI is InChI=1S/C20H17ClN2O2/c1-13-6-18(7-14(2)20(13)21)25-12-17-9-15(4-5-19(17)24-3)8-16(10-22)11-23/h4-9H,12H2,1-3H3. The minimum atomic E-state index is 0.0426. The van der Waals surface area contributed by atoms with E-state index in [1.54, 1.807) is 19.2 Å². The number of hydrogen-bond donors (Lipinski definition) is 0. The van der Waals surface area contributed by atoms with Gasteiger partial charge in [-0.3, -0.25) is 0 Å². The second-order valence-corrected chi connectivity index (χ2v) is 5.89. The molecule has 0 saturated carbocycles. The van der Waals surface area contributed by atoms with Crippen LogP contribution in [0.4, 0.5) is 0 Å². The van der Waals surface area contributed by atoms with Crippen LogP contribution in [0, 0.1) is 36.5 Å². The van der Waals surface area contributed by atoms with Gasteiger partial charge in [0.2, 0.25) is 0 Å². The second-order valence-electron chi connectivity index (χ2n) is 5.51. The number of nitrogens with zero attached hydrogens (tertiary/aromatic N) is 2. The van der Waals surface area contributed by atoms with Gasteiger partial charge in [0.1, 0.15) is 35.8 Å². The maximum atomic E-state index is 8.88. The van der Waals surface area contributed by atoms with Crippen molar-refractivity contribution in [2.75, 3.05) is 7.11 Å². The maximum Gasteiger partial charge on any atom is 0.130 e. The van der Waals surface area contributed by atoms with Crippen LogP contribution in [0.25, 0.3) is 6.08 Å². The van der Waals surface area contributed by atoms with E-state index in [-0.39, 0.29) is 5.57 Å². The van der Waals surface area contributed by atoms with E-state index in [4.69, 9.17) is 31.6 Å². The Labute approximate surface area is 152 Å². The Hall–Kier alpha value is -2.95. The molecular formula is C20H17ClN2O2. The smallest absolute Gasteiger partial charge is 0.130 e. The number of ether oxygens (including phenoxy) is 2. The summed E-state index contributed by atoms with van der Waals surface area (Å²) < 4.78 is 11.2. The third-order valence-electron chi connectivity index (χ3n) is 3.66. The molecule has 0 aliphatic rings. The highest BCUT2D eigenvalue weighted by atomic mass is 35.5. The van der Waals surface area contributed by atoms with Crippen LogP contribution in [-0.4, -0.2) is 7.11 Å². The second kappa shape index (κ2) is 8.24. The summed E-state index contributed by atoms with van der Waals surface area (Å²) in [6, 6.07) is 12.9. The van der Waals surface area contributed by atoms with Crippen molar-refractivity contribution in [3.63, 3.8) is 0 Å². The topological polar surface area (TPSA) is 66.0 Å². The number of nitriles is 2. The lowest BCUT2D eigenvalue weighted by Crippen LogP contribution is -2.00. The van der Waals surface area contributed by atoms with Crippen LogP contribution >= 0.6 is 11.6 Å². The highest BCUT2D eigenvalue weighted by Crippen LogP contribution is 2.28. The van der Waals surface area contributed by atoms with E-state index in [0.717, 1.165) is 33.0 Å². The number of hydrogen-bond acceptors (Lipinski definition) is 4. The molecular weight excluding hydrogens is 336 g/mol. The van der Waals surface area contributed by atoms with Crippen molar-refractivity contribution in [2.45, 2.75) is 20.5 Å². The van der Waals surface area contributed by atoms with E-state index in [1.807, 2.05) is 44.2 Å². The number of halogens is 1. The summed E-state index contributed by atoms with van der Waals surface area (Å²) in [7, 11) is 1.58. The van der Waals surface area contributed by atoms with Crippen LogP contribution in [0.5, 0.6) is 11.5 Å². The molecule has 0 heterocycles. The van der Waals surface area contributed by atoms with Crippen LogP contribution in [0.2, 0.25) is 5.02 Å². The predicted molar refractivity (Wildman–Crippen MR) is 97.5 cm³/mol. The van der Waals surface area contributed by atoms with Gasteiger partial charge in [-0.1, -0.05) is 17.7 Å². The maximum absolute atomic E-state index is 8.88. The van der Waals surface area contributed by atoms with Crippen molar-refractivity contribution in [1.29, 1.82) is 10.5 Å². The van der Waals surface area contributed by atoms with Gasteiger partial charge >= 0.3 is 0 Å². The number of aryl methyl sites for hydroxylation is 2. The Morgan fingerprint density at radius 3 is 2.32 bits per heavy atom. The molecule has 0 atom stereocenters. The number of rotatable bonds is 5. The molecule has 2 aromatic rings. The minimum Gasteiger partial charge on any atom is -0.496 e. The van der Waals surface area contributed by atoms with E-state index in [2.05, 4.69) is 0 Å². The highest BCUT2D eigenvalue weighted by Gasteiger charge is 2.08. The molecule has 0 bridgehead atoms. The van der Waals surface area contributed by atoms with Crippen molar-refractivity contribution in [2.24, 2.45) is 0 Å². The zero-order chi connectivity index (χ0) is 18.4. The molecule has 2 aromatic carbocycles. The molecule has 25 heavy (non-hydrogen) atoms. The third-order valence-corrected chi connectivity index (χ3v) is 4.26. The molecule has 0 unspecified atom stereocenters. The molecule has 0 aromatic heterocycles. The lowest BCUT2D eigenvalue weighted by molar-refractivity contribution is 0.296. The molecule has 126 valence electrons. The van der Waals surface area contributed by atoms with Gasteiger partial charge in [0.05, 0.1) is 7.11 Å². The first-order valence-corrected chi connectivity index (χ1v) is 7.94. The van der Waals surface area contributed by atoms with Gasteiger partial charge in [-0.2, -0.15) is 10.5 Å². The van der Waals surface area contributed by atoms with E-state index in [1.165, 1.54) is 6.08 Å². The summed E-state index contributed by atoms with van der Waals surface area (Å²) in [5.41, 5.74) is 3.50. The summed E-state index contributed by atoms with van der Waals surface area (Å²) in [6.07, 6.45) is 1.53. The average molecular weight is 353 g/mol. The van der Waals surface area contributed by atoms with Crippen molar-refractivity contribution in [1.82, 2.24) is 0 Å². The number of benzene rings is 2. The Morgan fingerprint density at radius 2 is 1.76 bits per heavy atom. The van der Waals surface area contributed by atoms with Crippen LogP contribution < -0.4 is 9.47 Å². The molecule has 0 spiro atoms. The molecule has 4 nitrogen and oxygen atoms in total. The Balaban J connectivity index is 2.28. The normalized spacial score (nSPS) is 9.68. The summed E-state index contributed by atoms with van der Waals surface area (Å²) in [5.74, 6) is 1.40. The first-order valence-electron chi connectivity index (χ1n) is 7.57. The monoisotopic (exact) mass is 352 g/mol. The fourth-order valence-electron chi connectivity index (χ4n) is 2.41. The van der Waals surface area contributed by atoms with Crippen LogP contribution in [0.3, 0.4) is 0 Å². The van der Waals surface area contributed by atoms with Crippen LogP contribution in [0.15, 0.2) is 35.9 Å².